The molecule has 0 bridgehead atoms. The molecule has 0 amide bonds. The van der Waals surface area contributed by atoms with Gasteiger partial charge in [0, 0.05) is 45.1 Å². The Labute approximate surface area is 323 Å². The van der Waals surface area contributed by atoms with Crippen LogP contribution >= 0.6 is 0 Å². The Morgan fingerprint density at radius 3 is 2.39 bits per heavy atom. The van der Waals surface area contributed by atoms with Crippen LogP contribution in [0.2, 0.25) is 19.6 Å². The van der Waals surface area contributed by atoms with E-state index in [2.05, 4.69) is 95.9 Å². The van der Waals surface area contributed by atoms with Gasteiger partial charge in [0.2, 0.25) is 0 Å². The van der Waals surface area contributed by atoms with Gasteiger partial charge in [-0.1, -0.05) is 124 Å². The van der Waals surface area contributed by atoms with Crippen LogP contribution in [0, 0.1) is 24.9 Å². The first-order valence-electron chi connectivity index (χ1n) is 19.5. The van der Waals surface area contributed by atoms with E-state index in [1.54, 1.807) is 18.3 Å². The summed E-state index contributed by atoms with van der Waals surface area (Å²) >= 11 is 0. The fraction of sp³-hybridized carbons (Fsp3) is 0.200. The summed E-state index contributed by atoms with van der Waals surface area (Å²) in [4.78, 5) is 9.51. The minimum Gasteiger partial charge on any atom is -0.501 e. The average molecular weight is 867 g/mol. The van der Waals surface area contributed by atoms with Crippen LogP contribution < -0.4 is 5.19 Å². The Balaban J connectivity index is 0.000000188. The van der Waals surface area contributed by atoms with Gasteiger partial charge in [0.25, 0.3) is 0 Å². The number of aromatic nitrogens is 3. The van der Waals surface area contributed by atoms with Gasteiger partial charge in [0.1, 0.15) is 5.58 Å². The molecule has 8 aromatic rings. The second kappa shape index (κ2) is 15.3. The predicted molar refractivity (Wildman–Crippen MR) is 212 cm³/mol. The van der Waals surface area contributed by atoms with E-state index in [4.69, 9.17) is 16.3 Å². The van der Waals surface area contributed by atoms with Gasteiger partial charge in [0.05, 0.1) is 30.5 Å². The first-order chi connectivity index (χ1) is 26.1. The molecule has 4 nitrogen and oxygen atoms in total. The summed E-state index contributed by atoms with van der Waals surface area (Å²) in [5, 5.41) is 3.22. The second-order valence-electron chi connectivity index (χ2n) is 13.8. The number of hydrogen-bond donors (Lipinski definition) is 0. The van der Waals surface area contributed by atoms with E-state index in [-0.39, 0.29) is 31.6 Å². The molecule has 0 aliphatic rings. The van der Waals surface area contributed by atoms with Crippen molar-refractivity contribution >= 4 is 46.2 Å². The Morgan fingerprint density at radius 2 is 1.65 bits per heavy atom. The molecule has 8 rings (SSSR count). The number of benzene rings is 5. The molecule has 3 aromatic heterocycles. The van der Waals surface area contributed by atoms with Crippen molar-refractivity contribution < 1.29 is 31.4 Å². The molecule has 0 saturated heterocycles. The van der Waals surface area contributed by atoms with Crippen molar-refractivity contribution in [2.75, 3.05) is 0 Å². The summed E-state index contributed by atoms with van der Waals surface area (Å²) in [5.74, 6) is 0.703. The predicted octanol–water partition coefficient (Wildman–Crippen LogP) is 11.0. The van der Waals surface area contributed by atoms with Gasteiger partial charge >= 0.3 is 0 Å². The van der Waals surface area contributed by atoms with Crippen molar-refractivity contribution in [1.29, 1.82) is 0 Å². The van der Waals surface area contributed by atoms with Crippen LogP contribution in [-0.4, -0.2) is 22.6 Å². The molecule has 0 atom stereocenters. The third-order valence-corrected chi connectivity index (χ3v) is 10.7. The van der Waals surface area contributed by atoms with Gasteiger partial charge in [-0.3, -0.25) is 4.98 Å². The number of imidazole rings is 1. The maximum Gasteiger partial charge on any atom is 0.120 e. The number of nitrogens with zero attached hydrogens (tertiary/aromatic N) is 3. The van der Waals surface area contributed by atoms with Crippen LogP contribution in [0.1, 0.15) is 37.4 Å². The van der Waals surface area contributed by atoms with E-state index >= 15 is 0 Å². The van der Waals surface area contributed by atoms with E-state index in [1.807, 2.05) is 56.3 Å². The molecule has 0 aliphatic heterocycles. The third-order valence-electron chi connectivity index (χ3n) is 8.65. The van der Waals surface area contributed by atoms with Crippen LogP contribution in [0.25, 0.3) is 55.6 Å². The summed E-state index contributed by atoms with van der Waals surface area (Å²) in [6, 6.07) is 43.8. The summed E-state index contributed by atoms with van der Waals surface area (Å²) < 4.78 is 48.1. The van der Waals surface area contributed by atoms with Gasteiger partial charge in [-0.15, -0.1) is 53.6 Å². The minimum absolute atomic E-state index is 0. The maximum atomic E-state index is 8.59. The van der Waals surface area contributed by atoms with E-state index < -0.39 is 21.3 Å². The van der Waals surface area contributed by atoms with Gasteiger partial charge in [-0.05, 0) is 46.9 Å². The number of pyridine rings is 1. The van der Waals surface area contributed by atoms with Crippen molar-refractivity contribution in [3.8, 4) is 22.6 Å². The van der Waals surface area contributed by atoms with E-state index in [0.717, 1.165) is 56.1 Å². The topological polar surface area (TPSA) is 43.9 Å². The van der Waals surface area contributed by atoms with Crippen LogP contribution in [-0.2, 0) is 33.0 Å². The van der Waals surface area contributed by atoms with Crippen molar-refractivity contribution in [3.63, 3.8) is 0 Å². The Morgan fingerprint density at radius 1 is 0.882 bits per heavy atom. The zero-order chi connectivity index (χ0) is 39.1. The fourth-order valence-corrected chi connectivity index (χ4v) is 7.67. The Bertz CT molecular complexity index is 2610. The van der Waals surface area contributed by atoms with E-state index in [0.29, 0.717) is 16.8 Å². The number of furan rings is 1. The largest absolute Gasteiger partial charge is 0.501 e. The SMILES string of the molecule is [2H]C([2H])([2H])c1c[c-]c(-c2cc(C([2H])([2H])C(C)C)c([Si](C)(C)C)cn2)cc1.[Ir].[c-]1ccc2c(oc3ccccc32)c1-c1nc2ccccc2n1Cc1ccccc1. The molecule has 0 aliphatic carbocycles. The number of aryl methyl sites for hydroxylation is 1. The number of hydrogen-bond acceptors (Lipinski definition) is 3. The van der Waals surface area contributed by atoms with Gasteiger partial charge in [-0.25, -0.2) is 0 Å². The van der Waals surface area contributed by atoms with Crippen LogP contribution in [0.15, 0.2) is 126 Å². The summed E-state index contributed by atoms with van der Waals surface area (Å²) in [7, 11) is -1.78. The van der Waals surface area contributed by atoms with Crippen LogP contribution in [0.5, 0.6) is 0 Å². The molecule has 3 heterocycles. The Hall–Kier alpha value is -4.61. The average Bonchev–Trinajstić information content (AvgIpc) is 3.73. The summed E-state index contributed by atoms with van der Waals surface area (Å²) in [6.07, 6.45) is 0.328. The first kappa shape index (κ1) is 30.1. The molecule has 0 N–H and O–H groups in total. The molecule has 0 saturated carbocycles. The molecule has 6 heteroatoms. The molecule has 51 heavy (non-hydrogen) atoms. The molecular formula is C45H43IrN3OSi-2. The van der Waals surface area contributed by atoms with Crippen molar-refractivity contribution in [2.45, 2.75) is 53.3 Å². The third kappa shape index (κ3) is 7.84. The fourth-order valence-electron chi connectivity index (χ4n) is 6.26. The van der Waals surface area contributed by atoms with Gasteiger partial charge in [-0.2, -0.15) is 0 Å². The van der Waals surface area contributed by atoms with Crippen LogP contribution in [0.4, 0.5) is 0 Å². The van der Waals surface area contributed by atoms with E-state index in [9.17, 15) is 0 Å². The smallest absolute Gasteiger partial charge is 0.120 e. The molecule has 0 spiro atoms. The van der Waals surface area contributed by atoms with E-state index in [1.165, 1.54) is 11.6 Å². The van der Waals surface area contributed by atoms with Gasteiger partial charge < -0.3 is 14.0 Å². The molecule has 1 radical (unpaired) electrons. The van der Waals surface area contributed by atoms with Crippen molar-refractivity contribution in [1.82, 2.24) is 14.5 Å². The number of rotatable bonds is 7. The summed E-state index contributed by atoms with van der Waals surface area (Å²) in [5.41, 5.74) is 8.12. The maximum absolute atomic E-state index is 8.59. The quantitative estimate of drug-likeness (QED) is 0.118. The zero-order valence-electron chi connectivity index (χ0n) is 34.4. The normalized spacial score (nSPS) is 13.5. The van der Waals surface area contributed by atoms with Crippen LogP contribution in [0.3, 0.4) is 0 Å². The molecule has 5 aromatic carbocycles. The Kier molecular flexibility index (Phi) is 9.03. The number of fused-ring (bicyclic) bond motifs is 4. The van der Waals surface area contributed by atoms with Crippen molar-refractivity contribution in [2.24, 2.45) is 5.92 Å². The molecule has 0 unspecified atom stereocenters. The first-order valence-corrected chi connectivity index (χ1v) is 20.5. The molecule has 259 valence electrons. The standard InChI is InChI=1S/C26H17N2O.C19H26NSi.Ir/c1-2-9-18(10-3-1)17-28-23-15-6-5-14-22(23)27-26(28)21-13-8-12-20-19-11-4-7-16-24(19)29-25(20)21;1-14(2)11-17-12-18(16-9-7-15(3)8-10-16)20-13-19(17)21(4,5)6;/h1-12,14-16H,17H2;7-9,12-14H,11H2,1-6H3;/q2*-1;/i;3D3,11D2;. The molecular weight excluding hydrogens is 819 g/mol. The zero-order valence-corrected chi connectivity index (χ0v) is 32.8. The monoisotopic (exact) mass is 867 g/mol. The summed E-state index contributed by atoms with van der Waals surface area (Å²) in [6.45, 7) is 8.88. The minimum atomic E-state index is -2.16. The molecule has 0 fully saturated rings. The number of para-hydroxylation sites is 3. The second-order valence-corrected chi connectivity index (χ2v) is 18.9. The van der Waals surface area contributed by atoms with Gasteiger partial charge in [0.15, 0.2) is 0 Å². The van der Waals surface area contributed by atoms with Crippen molar-refractivity contribution in [3.05, 3.63) is 150 Å².